The second-order valence-electron chi connectivity index (χ2n) is 8.33. The third-order valence-corrected chi connectivity index (χ3v) is 6.08. The molecular formula is C22H26N4O2. The highest BCUT2D eigenvalue weighted by Gasteiger charge is 2.30. The molecule has 3 heterocycles. The predicted octanol–water partition coefficient (Wildman–Crippen LogP) is 3.46. The van der Waals surface area contributed by atoms with E-state index in [0.717, 1.165) is 49.6 Å². The van der Waals surface area contributed by atoms with Crippen LogP contribution in [0.3, 0.4) is 0 Å². The van der Waals surface area contributed by atoms with Crippen LogP contribution >= 0.6 is 0 Å². The Hall–Kier alpha value is -2.63. The Morgan fingerprint density at radius 3 is 2.96 bits per heavy atom. The zero-order valence-corrected chi connectivity index (χ0v) is 16.3. The molecule has 2 fully saturated rings. The highest BCUT2D eigenvalue weighted by atomic mass is 16.5. The van der Waals surface area contributed by atoms with Crippen molar-refractivity contribution in [3.8, 4) is 0 Å². The first-order valence-electron chi connectivity index (χ1n) is 10.3. The second kappa shape index (κ2) is 7.08. The molecule has 1 amide bonds. The molecule has 1 saturated heterocycles. The summed E-state index contributed by atoms with van der Waals surface area (Å²) >= 11 is 0. The molecule has 1 aromatic carbocycles. The number of piperidine rings is 1. The molecule has 0 bridgehead atoms. The van der Waals surface area contributed by atoms with E-state index in [4.69, 9.17) is 4.52 Å². The fraction of sp³-hybridized carbons (Fsp3) is 0.500. The van der Waals surface area contributed by atoms with Gasteiger partial charge in [0.1, 0.15) is 0 Å². The summed E-state index contributed by atoms with van der Waals surface area (Å²) in [6.45, 7) is 1.63. The van der Waals surface area contributed by atoms with Crippen LogP contribution in [0.25, 0.3) is 10.9 Å². The van der Waals surface area contributed by atoms with Gasteiger partial charge in [0, 0.05) is 49.6 Å². The smallest absolute Gasteiger partial charge is 0.227 e. The van der Waals surface area contributed by atoms with Gasteiger partial charge in [0.25, 0.3) is 0 Å². The van der Waals surface area contributed by atoms with Crippen LogP contribution in [0.2, 0.25) is 0 Å². The van der Waals surface area contributed by atoms with E-state index in [-0.39, 0.29) is 5.91 Å². The standard InChI is InChI=1S/C22H26N4O2/c1-25-14-17(18-6-2-3-7-19(18)25)12-21(27)26-10-4-5-15(13-26)11-20-23-22(24-28-20)16-8-9-16/h2-3,6-7,14-16H,4-5,8-13H2,1H3. The number of aryl methyl sites for hydroxylation is 1. The molecule has 6 heteroatoms. The van der Waals surface area contributed by atoms with E-state index < -0.39 is 0 Å². The molecule has 0 N–H and O–H groups in total. The number of likely N-dealkylation sites (tertiary alicyclic amines) is 1. The van der Waals surface area contributed by atoms with Gasteiger partial charge in [-0.05, 0) is 43.2 Å². The molecule has 2 aromatic heterocycles. The molecule has 6 nitrogen and oxygen atoms in total. The van der Waals surface area contributed by atoms with Crippen molar-refractivity contribution in [2.75, 3.05) is 13.1 Å². The first kappa shape index (κ1) is 17.5. The van der Waals surface area contributed by atoms with Crippen molar-refractivity contribution < 1.29 is 9.32 Å². The molecule has 0 spiro atoms. The third kappa shape index (κ3) is 3.43. The molecule has 1 aliphatic carbocycles. The Balaban J connectivity index is 1.24. The lowest BCUT2D eigenvalue weighted by molar-refractivity contribution is -0.132. The van der Waals surface area contributed by atoms with E-state index in [0.29, 0.717) is 18.3 Å². The average Bonchev–Trinajstić information content (AvgIpc) is 3.38. The minimum Gasteiger partial charge on any atom is -0.350 e. The number of amides is 1. The van der Waals surface area contributed by atoms with E-state index in [2.05, 4.69) is 33.0 Å². The number of aromatic nitrogens is 3. The number of nitrogens with zero attached hydrogens (tertiary/aromatic N) is 4. The van der Waals surface area contributed by atoms with Crippen molar-refractivity contribution in [3.05, 3.63) is 47.7 Å². The van der Waals surface area contributed by atoms with Crippen LogP contribution in [0.4, 0.5) is 0 Å². The molecule has 1 atom stereocenters. The van der Waals surface area contributed by atoms with Crippen molar-refractivity contribution in [3.63, 3.8) is 0 Å². The molecule has 1 aliphatic heterocycles. The van der Waals surface area contributed by atoms with E-state index in [1.165, 1.54) is 23.7 Å². The number of fused-ring (bicyclic) bond motifs is 1. The van der Waals surface area contributed by atoms with Crippen molar-refractivity contribution in [2.45, 2.75) is 44.4 Å². The molecule has 1 saturated carbocycles. The van der Waals surface area contributed by atoms with Crippen LogP contribution in [0.15, 0.2) is 35.0 Å². The van der Waals surface area contributed by atoms with Gasteiger partial charge in [0.2, 0.25) is 11.8 Å². The maximum absolute atomic E-state index is 13.0. The first-order chi connectivity index (χ1) is 13.7. The van der Waals surface area contributed by atoms with E-state index in [9.17, 15) is 4.79 Å². The Morgan fingerprint density at radius 1 is 1.25 bits per heavy atom. The third-order valence-electron chi connectivity index (χ3n) is 6.08. The minimum absolute atomic E-state index is 0.213. The van der Waals surface area contributed by atoms with Gasteiger partial charge in [-0.15, -0.1) is 0 Å². The number of para-hydroxylation sites is 1. The quantitative estimate of drug-likeness (QED) is 0.682. The number of benzene rings is 1. The largest absolute Gasteiger partial charge is 0.350 e. The Kier molecular flexibility index (Phi) is 4.41. The monoisotopic (exact) mass is 378 g/mol. The summed E-state index contributed by atoms with van der Waals surface area (Å²) < 4.78 is 7.54. The zero-order chi connectivity index (χ0) is 19.1. The van der Waals surface area contributed by atoms with Crippen LogP contribution in [0.1, 0.15) is 48.9 Å². The van der Waals surface area contributed by atoms with Crippen LogP contribution in [0, 0.1) is 5.92 Å². The zero-order valence-electron chi connectivity index (χ0n) is 16.3. The average molecular weight is 378 g/mol. The summed E-state index contributed by atoms with van der Waals surface area (Å²) in [5, 5.41) is 5.29. The van der Waals surface area contributed by atoms with Gasteiger partial charge < -0.3 is 14.0 Å². The topological polar surface area (TPSA) is 64.2 Å². The van der Waals surface area contributed by atoms with Gasteiger partial charge in [0.05, 0.1) is 6.42 Å². The number of carbonyl (C=O) groups excluding carboxylic acids is 1. The number of hydrogen-bond acceptors (Lipinski definition) is 4. The van der Waals surface area contributed by atoms with Crippen LogP contribution in [0.5, 0.6) is 0 Å². The Bertz CT molecular complexity index is 1000. The molecule has 0 radical (unpaired) electrons. The van der Waals surface area contributed by atoms with Crippen molar-refractivity contribution in [1.29, 1.82) is 0 Å². The molecule has 146 valence electrons. The number of rotatable bonds is 5. The first-order valence-corrected chi connectivity index (χ1v) is 10.3. The molecular weight excluding hydrogens is 352 g/mol. The van der Waals surface area contributed by atoms with Crippen molar-refractivity contribution in [1.82, 2.24) is 19.6 Å². The lowest BCUT2D eigenvalue weighted by Gasteiger charge is -2.32. The van der Waals surface area contributed by atoms with Gasteiger partial charge in [0.15, 0.2) is 5.82 Å². The predicted molar refractivity (Wildman–Crippen MR) is 106 cm³/mol. The maximum Gasteiger partial charge on any atom is 0.227 e. The Morgan fingerprint density at radius 2 is 2.11 bits per heavy atom. The summed E-state index contributed by atoms with van der Waals surface area (Å²) in [5.41, 5.74) is 2.28. The SMILES string of the molecule is Cn1cc(CC(=O)N2CCCC(Cc3nc(C4CC4)no3)C2)c2ccccc21. The lowest BCUT2D eigenvalue weighted by Crippen LogP contribution is -2.41. The van der Waals surface area contributed by atoms with Gasteiger partial charge in [-0.25, -0.2) is 0 Å². The van der Waals surface area contributed by atoms with Gasteiger partial charge in [-0.1, -0.05) is 23.4 Å². The minimum atomic E-state index is 0.213. The highest BCUT2D eigenvalue weighted by molar-refractivity contribution is 5.89. The number of hydrogen-bond donors (Lipinski definition) is 0. The lowest BCUT2D eigenvalue weighted by atomic mass is 9.94. The summed E-state index contributed by atoms with van der Waals surface area (Å²) in [6.07, 6.45) is 7.83. The van der Waals surface area contributed by atoms with Crippen molar-refractivity contribution in [2.24, 2.45) is 13.0 Å². The summed E-state index contributed by atoms with van der Waals surface area (Å²) in [6, 6.07) is 8.27. The summed E-state index contributed by atoms with van der Waals surface area (Å²) in [5.74, 6) is 2.73. The van der Waals surface area contributed by atoms with Crippen LogP contribution in [-0.4, -0.2) is 38.6 Å². The normalized spacial score (nSPS) is 20.0. The van der Waals surface area contributed by atoms with Crippen LogP contribution in [-0.2, 0) is 24.7 Å². The maximum atomic E-state index is 13.0. The Labute approximate surface area is 164 Å². The molecule has 1 unspecified atom stereocenters. The second-order valence-corrected chi connectivity index (χ2v) is 8.33. The molecule has 28 heavy (non-hydrogen) atoms. The fourth-order valence-corrected chi connectivity index (χ4v) is 4.40. The van der Waals surface area contributed by atoms with E-state index >= 15 is 0 Å². The number of carbonyl (C=O) groups is 1. The molecule has 3 aromatic rings. The van der Waals surface area contributed by atoms with Gasteiger partial charge >= 0.3 is 0 Å². The van der Waals surface area contributed by atoms with Gasteiger partial charge in [-0.3, -0.25) is 4.79 Å². The fourth-order valence-electron chi connectivity index (χ4n) is 4.40. The van der Waals surface area contributed by atoms with Gasteiger partial charge in [-0.2, -0.15) is 4.98 Å². The van der Waals surface area contributed by atoms with Crippen molar-refractivity contribution >= 4 is 16.8 Å². The van der Waals surface area contributed by atoms with E-state index in [1.807, 2.05) is 24.1 Å². The highest BCUT2D eigenvalue weighted by Crippen LogP contribution is 2.38. The molecule has 5 rings (SSSR count). The summed E-state index contributed by atoms with van der Waals surface area (Å²) in [7, 11) is 2.04. The van der Waals surface area contributed by atoms with E-state index in [1.54, 1.807) is 0 Å². The molecule has 2 aliphatic rings. The summed E-state index contributed by atoms with van der Waals surface area (Å²) in [4.78, 5) is 19.6. The van der Waals surface area contributed by atoms with Crippen LogP contribution < -0.4 is 0 Å².